The van der Waals surface area contributed by atoms with E-state index in [4.69, 9.17) is 0 Å². The topological polar surface area (TPSA) is 84.7 Å². The molecule has 1 amide bonds. The Bertz CT molecular complexity index is 655. The van der Waals surface area contributed by atoms with Gasteiger partial charge in [-0.15, -0.1) is 5.10 Å². The van der Waals surface area contributed by atoms with Crippen molar-refractivity contribution in [3.63, 3.8) is 0 Å². The van der Waals surface area contributed by atoms with Crippen LogP contribution in [0.4, 0.5) is 5.69 Å². The molecule has 2 heterocycles. The first-order valence-corrected chi connectivity index (χ1v) is 7.09. The van der Waals surface area contributed by atoms with Gasteiger partial charge in [0.25, 0.3) is 0 Å². The standard InChI is InChI=1S/C12H14N6OS/c1-3-13-10-8-5-4-7(6-9(8)14-11(10)19)20-12-15-16-17-18(12)2/h4-6,10,13H,3H2,1-2H3,(H,14,19). The van der Waals surface area contributed by atoms with Gasteiger partial charge in [-0.05, 0) is 40.9 Å². The Hall–Kier alpha value is -1.93. The summed E-state index contributed by atoms with van der Waals surface area (Å²) in [5.74, 6) is -0.00988. The van der Waals surface area contributed by atoms with Crippen molar-refractivity contribution >= 4 is 23.4 Å². The summed E-state index contributed by atoms with van der Waals surface area (Å²) >= 11 is 1.46. The summed E-state index contributed by atoms with van der Waals surface area (Å²) in [6.07, 6.45) is 0. The van der Waals surface area contributed by atoms with E-state index in [-0.39, 0.29) is 11.9 Å². The van der Waals surface area contributed by atoms with Crippen molar-refractivity contribution in [2.75, 3.05) is 11.9 Å². The summed E-state index contributed by atoms with van der Waals surface area (Å²) in [5.41, 5.74) is 1.83. The molecule has 2 N–H and O–H groups in total. The molecule has 1 atom stereocenters. The van der Waals surface area contributed by atoms with E-state index in [9.17, 15) is 4.79 Å². The predicted octanol–water partition coefficient (Wildman–Crippen LogP) is 0.964. The lowest BCUT2D eigenvalue weighted by Crippen LogP contribution is -2.27. The minimum absolute atomic E-state index is 0.00988. The Morgan fingerprint density at radius 2 is 2.35 bits per heavy atom. The minimum Gasteiger partial charge on any atom is -0.324 e. The number of likely N-dealkylation sites (N-methyl/N-ethyl adjacent to an activating group) is 1. The first kappa shape index (κ1) is 13.1. The number of aromatic nitrogens is 4. The Morgan fingerprint density at radius 3 is 3.05 bits per heavy atom. The second kappa shape index (κ2) is 5.22. The molecule has 3 rings (SSSR count). The highest BCUT2D eigenvalue weighted by atomic mass is 32.2. The van der Waals surface area contributed by atoms with Gasteiger partial charge in [0.15, 0.2) is 0 Å². The number of carbonyl (C=O) groups excluding carboxylic acids is 1. The zero-order valence-corrected chi connectivity index (χ0v) is 11.9. The highest BCUT2D eigenvalue weighted by Gasteiger charge is 2.29. The van der Waals surface area contributed by atoms with Crippen molar-refractivity contribution < 1.29 is 4.79 Å². The maximum atomic E-state index is 11.9. The van der Waals surface area contributed by atoms with Gasteiger partial charge in [0.1, 0.15) is 6.04 Å². The molecule has 1 aliphatic heterocycles. The molecule has 1 aromatic carbocycles. The van der Waals surface area contributed by atoms with Gasteiger partial charge in [-0.3, -0.25) is 4.79 Å². The van der Waals surface area contributed by atoms with Crippen LogP contribution in [-0.2, 0) is 11.8 Å². The normalized spacial score (nSPS) is 17.1. The van der Waals surface area contributed by atoms with Gasteiger partial charge in [0, 0.05) is 23.2 Å². The summed E-state index contributed by atoms with van der Waals surface area (Å²) in [7, 11) is 1.79. The molecule has 2 aromatic rings. The van der Waals surface area contributed by atoms with Crippen molar-refractivity contribution in [3.8, 4) is 0 Å². The molecule has 8 heteroatoms. The van der Waals surface area contributed by atoms with Crippen LogP contribution in [0.1, 0.15) is 18.5 Å². The monoisotopic (exact) mass is 290 g/mol. The molecular formula is C12H14N6OS. The van der Waals surface area contributed by atoms with E-state index in [0.29, 0.717) is 5.16 Å². The van der Waals surface area contributed by atoms with Gasteiger partial charge in [0.2, 0.25) is 11.1 Å². The number of tetrazole rings is 1. The number of hydrogen-bond acceptors (Lipinski definition) is 6. The molecule has 0 aliphatic carbocycles. The molecule has 0 spiro atoms. The molecular weight excluding hydrogens is 276 g/mol. The third kappa shape index (κ3) is 2.27. The van der Waals surface area contributed by atoms with E-state index in [1.807, 2.05) is 25.1 Å². The number of amides is 1. The number of anilines is 1. The van der Waals surface area contributed by atoms with E-state index >= 15 is 0 Å². The second-order valence-corrected chi connectivity index (χ2v) is 5.46. The maximum absolute atomic E-state index is 11.9. The first-order valence-electron chi connectivity index (χ1n) is 6.27. The molecule has 0 fully saturated rings. The van der Waals surface area contributed by atoms with Gasteiger partial charge in [0.05, 0.1) is 0 Å². The average Bonchev–Trinajstić information content (AvgIpc) is 2.95. The summed E-state index contributed by atoms with van der Waals surface area (Å²) in [6.45, 7) is 2.73. The summed E-state index contributed by atoms with van der Waals surface area (Å²) in [5, 5.41) is 18.1. The molecule has 0 saturated carbocycles. The van der Waals surface area contributed by atoms with Crippen LogP contribution in [0.3, 0.4) is 0 Å². The van der Waals surface area contributed by atoms with Gasteiger partial charge in [-0.1, -0.05) is 13.0 Å². The molecule has 0 saturated heterocycles. The molecule has 1 aromatic heterocycles. The quantitative estimate of drug-likeness (QED) is 0.872. The zero-order valence-electron chi connectivity index (χ0n) is 11.1. The molecule has 0 bridgehead atoms. The lowest BCUT2D eigenvalue weighted by atomic mass is 10.1. The third-order valence-corrected chi connectivity index (χ3v) is 4.07. The number of benzene rings is 1. The Labute approximate surface area is 120 Å². The van der Waals surface area contributed by atoms with Gasteiger partial charge in [-0.25, -0.2) is 4.68 Å². The molecule has 1 aliphatic rings. The number of fused-ring (bicyclic) bond motifs is 1. The van der Waals surface area contributed by atoms with Crippen LogP contribution in [0.2, 0.25) is 0 Å². The molecule has 104 valence electrons. The Balaban J connectivity index is 1.86. The maximum Gasteiger partial charge on any atom is 0.246 e. The minimum atomic E-state index is -0.259. The summed E-state index contributed by atoms with van der Waals surface area (Å²) in [6, 6.07) is 5.63. The predicted molar refractivity (Wildman–Crippen MR) is 74.4 cm³/mol. The van der Waals surface area contributed by atoms with Crippen LogP contribution in [-0.4, -0.2) is 32.7 Å². The van der Waals surface area contributed by atoms with Crippen molar-refractivity contribution in [1.29, 1.82) is 0 Å². The van der Waals surface area contributed by atoms with Crippen molar-refractivity contribution in [2.24, 2.45) is 7.05 Å². The number of aryl methyl sites for hydroxylation is 1. The van der Waals surface area contributed by atoms with E-state index in [0.717, 1.165) is 22.7 Å². The van der Waals surface area contributed by atoms with Crippen LogP contribution in [0, 0.1) is 0 Å². The van der Waals surface area contributed by atoms with Crippen molar-refractivity contribution in [1.82, 2.24) is 25.5 Å². The fraction of sp³-hybridized carbons (Fsp3) is 0.333. The van der Waals surface area contributed by atoms with E-state index in [1.54, 1.807) is 11.7 Å². The number of carbonyl (C=O) groups is 1. The number of rotatable bonds is 4. The van der Waals surface area contributed by atoms with Crippen LogP contribution in [0.5, 0.6) is 0 Å². The molecule has 20 heavy (non-hydrogen) atoms. The fourth-order valence-electron chi connectivity index (χ4n) is 2.12. The number of hydrogen-bond donors (Lipinski definition) is 2. The first-order chi connectivity index (χ1) is 9.69. The van der Waals surface area contributed by atoms with Crippen LogP contribution < -0.4 is 10.6 Å². The van der Waals surface area contributed by atoms with Crippen LogP contribution in [0.15, 0.2) is 28.3 Å². The van der Waals surface area contributed by atoms with Crippen LogP contribution >= 0.6 is 11.8 Å². The van der Waals surface area contributed by atoms with Crippen molar-refractivity contribution in [2.45, 2.75) is 23.0 Å². The fourth-order valence-corrected chi connectivity index (χ4v) is 2.89. The smallest absolute Gasteiger partial charge is 0.246 e. The summed E-state index contributed by atoms with van der Waals surface area (Å²) in [4.78, 5) is 12.9. The zero-order chi connectivity index (χ0) is 14.1. The number of nitrogens with zero attached hydrogens (tertiary/aromatic N) is 4. The molecule has 1 unspecified atom stereocenters. The molecule has 0 radical (unpaired) electrons. The number of nitrogens with one attached hydrogen (secondary N) is 2. The Morgan fingerprint density at radius 1 is 1.50 bits per heavy atom. The van der Waals surface area contributed by atoms with E-state index in [1.165, 1.54) is 11.8 Å². The molecule has 7 nitrogen and oxygen atoms in total. The highest BCUT2D eigenvalue weighted by molar-refractivity contribution is 7.99. The van der Waals surface area contributed by atoms with E-state index in [2.05, 4.69) is 26.2 Å². The lowest BCUT2D eigenvalue weighted by Gasteiger charge is -2.09. The SMILES string of the molecule is CCNC1C(=O)Nc2cc(Sc3nnnn3C)ccc21. The van der Waals surface area contributed by atoms with E-state index < -0.39 is 0 Å². The summed E-state index contributed by atoms with van der Waals surface area (Å²) < 4.78 is 1.61. The largest absolute Gasteiger partial charge is 0.324 e. The highest BCUT2D eigenvalue weighted by Crippen LogP contribution is 2.35. The van der Waals surface area contributed by atoms with Gasteiger partial charge in [-0.2, -0.15) is 0 Å². The van der Waals surface area contributed by atoms with Crippen molar-refractivity contribution in [3.05, 3.63) is 23.8 Å². The van der Waals surface area contributed by atoms with Crippen LogP contribution in [0.25, 0.3) is 0 Å². The Kier molecular flexibility index (Phi) is 3.41. The lowest BCUT2D eigenvalue weighted by molar-refractivity contribution is -0.117. The second-order valence-electron chi connectivity index (χ2n) is 4.42. The average molecular weight is 290 g/mol. The van der Waals surface area contributed by atoms with Gasteiger partial charge < -0.3 is 10.6 Å². The third-order valence-electron chi connectivity index (χ3n) is 3.05. The van der Waals surface area contributed by atoms with Gasteiger partial charge >= 0.3 is 0 Å².